The van der Waals surface area contributed by atoms with Crippen molar-refractivity contribution in [2.24, 2.45) is 0 Å². The normalized spacial score (nSPS) is 18.3. The van der Waals surface area contributed by atoms with Gasteiger partial charge in [0.25, 0.3) is 0 Å². The van der Waals surface area contributed by atoms with Crippen molar-refractivity contribution in [3.63, 3.8) is 0 Å². The summed E-state index contributed by atoms with van der Waals surface area (Å²) in [6, 6.07) is 6.94. The Morgan fingerprint density at radius 1 is 1.38 bits per heavy atom. The van der Waals surface area contributed by atoms with Crippen molar-refractivity contribution < 1.29 is 14.7 Å². The van der Waals surface area contributed by atoms with Crippen LogP contribution >= 0.6 is 0 Å². The zero-order valence-electron chi connectivity index (χ0n) is 11.8. The number of nitrogens with zero attached hydrogens (tertiary/aromatic N) is 3. The molecule has 1 aliphatic rings. The Bertz CT molecular complexity index is 707. The minimum absolute atomic E-state index is 0.135. The minimum Gasteiger partial charge on any atom is -0.480 e. The average molecular weight is 287 g/mol. The van der Waals surface area contributed by atoms with Gasteiger partial charge in [0.05, 0.1) is 11.0 Å². The second-order valence-corrected chi connectivity index (χ2v) is 5.32. The van der Waals surface area contributed by atoms with Crippen LogP contribution in [-0.2, 0) is 16.1 Å². The van der Waals surface area contributed by atoms with Gasteiger partial charge in [0, 0.05) is 6.54 Å². The second kappa shape index (κ2) is 5.20. The van der Waals surface area contributed by atoms with Gasteiger partial charge in [-0.25, -0.2) is 9.78 Å². The van der Waals surface area contributed by atoms with Crippen LogP contribution in [0.25, 0.3) is 11.0 Å². The molecule has 1 fully saturated rings. The fraction of sp³-hybridized carbons (Fsp3) is 0.400. The number of carboxylic acids is 1. The molecule has 1 aliphatic heterocycles. The van der Waals surface area contributed by atoms with E-state index in [0.717, 1.165) is 23.3 Å². The predicted molar refractivity (Wildman–Crippen MR) is 76.8 cm³/mol. The molecule has 1 unspecified atom stereocenters. The van der Waals surface area contributed by atoms with Crippen molar-refractivity contribution in [3.05, 3.63) is 30.1 Å². The van der Waals surface area contributed by atoms with Gasteiger partial charge >= 0.3 is 5.97 Å². The lowest BCUT2D eigenvalue weighted by Crippen LogP contribution is -2.42. The number of imidazole rings is 1. The van der Waals surface area contributed by atoms with E-state index >= 15 is 0 Å². The smallest absolute Gasteiger partial charge is 0.326 e. The molecule has 6 nitrogen and oxygen atoms in total. The molecule has 6 heteroatoms. The molecule has 0 saturated carbocycles. The van der Waals surface area contributed by atoms with Gasteiger partial charge in [-0.15, -0.1) is 0 Å². The maximum absolute atomic E-state index is 12.4. The first kappa shape index (κ1) is 13.6. The van der Waals surface area contributed by atoms with E-state index in [1.54, 1.807) is 0 Å². The lowest BCUT2D eigenvalue weighted by molar-refractivity contribution is -0.148. The highest BCUT2D eigenvalue weighted by molar-refractivity contribution is 5.85. The van der Waals surface area contributed by atoms with Gasteiger partial charge in [-0.1, -0.05) is 12.1 Å². The number of aliphatic carboxylic acids is 1. The number of likely N-dealkylation sites (tertiary alicyclic amines) is 1. The first-order valence-electron chi connectivity index (χ1n) is 7.02. The van der Waals surface area contributed by atoms with E-state index in [1.165, 1.54) is 4.90 Å². The molecule has 110 valence electrons. The highest BCUT2D eigenvalue weighted by Crippen LogP contribution is 2.20. The largest absolute Gasteiger partial charge is 0.480 e. The molecule has 0 aliphatic carbocycles. The van der Waals surface area contributed by atoms with Gasteiger partial charge in [0.2, 0.25) is 5.91 Å². The van der Waals surface area contributed by atoms with E-state index in [9.17, 15) is 14.7 Å². The summed E-state index contributed by atoms with van der Waals surface area (Å²) >= 11 is 0. The Morgan fingerprint density at radius 3 is 2.90 bits per heavy atom. The molecule has 0 spiro atoms. The summed E-state index contributed by atoms with van der Waals surface area (Å²) in [6.45, 7) is 2.50. The molecule has 1 aromatic heterocycles. The van der Waals surface area contributed by atoms with E-state index in [1.807, 2.05) is 35.8 Å². The SMILES string of the molecule is Cc1nc2ccccc2n1CC(=O)N1CCCC1C(=O)O. The predicted octanol–water partition coefficient (Wildman–Crippen LogP) is 1.42. The third-order valence-corrected chi connectivity index (χ3v) is 4.00. The number of aromatic nitrogens is 2. The van der Waals surface area contributed by atoms with Crippen LogP contribution in [0.1, 0.15) is 18.7 Å². The quantitative estimate of drug-likeness (QED) is 0.926. The Kier molecular flexibility index (Phi) is 3.37. The van der Waals surface area contributed by atoms with Gasteiger partial charge < -0.3 is 14.6 Å². The number of hydrogen-bond donors (Lipinski definition) is 1. The Hall–Kier alpha value is -2.37. The Balaban J connectivity index is 1.87. The van der Waals surface area contributed by atoms with Crippen LogP contribution in [0.4, 0.5) is 0 Å². The average Bonchev–Trinajstić information content (AvgIpc) is 3.04. The first-order chi connectivity index (χ1) is 10.1. The molecule has 3 rings (SSSR count). The van der Waals surface area contributed by atoms with E-state index < -0.39 is 12.0 Å². The molecule has 0 bridgehead atoms. The maximum atomic E-state index is 12.4. The van der Waals surface area contributed by atoms with Crippen LogP contribution in [0, 0.1) is 6.92 Å². The van der Waals surface area contributed by atoms with E-state index in [0.29, 0.717) is 13.0 Å². The lowest BCUT2D eigenvalue weighted by atomic mass is 10.2. The number of fused-ring (bicyclic) bond motifs is 1. The number of benzene rings is 1. The van der Waals surface area contributed by atoms with Crippen LogP contribution in [0.3, 0.4) is 0 Å². The van der Waals surface area contributed by atoms with E-state index in [2.05, 4.69) is 4.98 Å². The molecule has 1 aromatic carbocycles. The van der Waals surface area contributed by atoms with Crippen molar-refractivity contribution in [2.75, 3.05) is 6.54 Å². The van der Waals surface area contributed by atoms with Crippen molar-refractivity contribution in [1.82, 2.24) is 14.5 Å². The third kappa shape index (κ3) is 2.37. The highest BCUT2D eigenvalue weighted by atomic mass is 16.4. The number of carbonyl (C=O) groups excluding carboxylic acids is 1. The summed E-state index contributed by atoms with van der Waals surface area (Å²) in [5.74, 6) is -0.324. The van der Waals surface area contributed by atoms with Gasteiger partial charge in [0.15, 0.2) is 0 Å². The van der Waals surface area contributed by atoms with E-state index in [4.69, 9.17) is 0 Å². The molecule has 1 N–H and O–H groups in total. The molecule has 2 aromatic rings. The van der Waals surface area contributed by atoms with Crippen LogP contribution < -0.4 is 0 Å². The van der Waals surface area contributed by atoms with Crippen molar-refractivity contribution in [3.8, 4) is 0 Å². The highest BCUT2D eigenvalue weighted by Gasteiger charge is 2.34. The maximum Gasteiger partial charge on any atom is 0.326 e. The number of rotatable bonds is 3. The first-order valence-corrected chi connectivity index (χ1v) is 7.02. The Morgan fingerprint density at radius 2 is 2.14 bits per heavy atom. The lowest BCUT2D eigenvalue weighted by Gasteiger charge is -2.22. The molecule has 2 heterocycles. The monoisotopic (exact) mass is 287 g/mol. The second-order valence-electron chi connectivity index (χ2n) is 5.32. The van der Waals surface area contributed by atoms with E-state index in [-0.39, 0.29) is 12.5 Å². The standard InChI is InChI=1S/C15H17N3O3/c1-10-16-11-5-2-3-6-12(11)18(10)9-14(19)17-8-4-7-13(17)15(20)21/h2-3,5-6,13H,4,7-9H2,1H3,(H,20,21). The summed E-state index contributed by atoms with van der Waals surface area (Å²) < 4.78 is 1.84. The van der Waals surface area contributed by atoms with Crippen LogP contribution in [0.5, 0.6) is 0 Å². The summed E-state index contributed by atoms with van der Waals surface area (Å²) in [4.78, 5) is 29.5. The molecule has 1 atom stereocenters. The number of carbonyl (C=O) groups is 2. The zero-order chi connectivity index (χ0) is 15.0. The summed E-state index contributed by atoms with van der Waals surface area (Å²) in [5, 5.41) is 9.17. The zero-order valence-corrected chi connectivity index (χ0v) is 11.8. The molecule has 0 radical (unpaired) electrons. The fourth-order valence-electron chi connectivity index (χ4n) is 2.94. The molecule has 21 heavy (non-hydrogen) atoms. The number of aryl methyl sites for hydroxylation is 1. The Labute approximate surface area is 122 Å². The topological polar surface area (TPSA) is 75.4 Å². The van der Waals surface area contributed by atoms with Gasteiger partial charge in [0.1, 0.15) is 18.4 Å². The molecule has 1 amide bonds. The molecular weight excluding hydrogens is 270 g/mol. The third-order valence-electron chi connectivity index (χ3n) is 4.00. The van der Waals surface area contributed by atoms with Crippen molar-refractivity contribution in [1.29, 1.82) is 0 Å². The fourth-order valence-corrected chi connectivity index (χ4v) is 2.94. The number of hydrogen-bond acceptors (Lipinski definition) is 3. The molecule has 1 saturated heterocycles. The van der Waals surface area contributed by atoms with Crippen LogP contribution in [0.2, 0.25) is 0 Å². The van der Waals surface area contributed by atoms with Gasteiger partial charge in [-0.2, -0.15) is 0 Å². The number of carboxylic acid groups (broad SMARTS) is 1. The van der Waals surface area contributed by atoms with Gasteiger partial charge in [-0.05, 0) is 31.9 Å². The van der Waals surface area contributed by atoms with Crippen LogP contribution in [-0.4, -0.2) is 44.0 Å². The van der Waals surface area contributed by atoms with Crippen LogP contribution in [0.15, 0.2) is 24.3 Å². The number of para-hydroxylation sites is 2. The van der Waals surface area contributed by atoms with Crippen molar-refractivity contribution in [2.45, 2.75) is 32.4 Å². The van der Waals surface area contributed by atoms with Crippen molar-refractivity contribution >= 4 is 22.9 Å². The summed E-state index contributed by atoms with van der Waals surface area (Å²) in [7, 11) is 0. The van der Waals surface area contributed by atoms with Gasteiger partial charge in [-0.3, -0.25) is 4.79 Å². The number of amides is 1. The molecular formula is C15H17N3O3. The summed E-state index contributed by atoms with van der Waals surface area (Å²) in [5.41, 5.74) is 1.74. The minimum atomic E-state index is -0.923. The summed E-state index contributed by atoms with van der Waals surface area (Å²) in [6.07, 6.45) is 1.27.